The molecule has 2 aliphatic heterocycles. The van der Waals surface area contributed by atoms with Crippen LogP contribution in [-0.4, -0.2) is 97.4 Å². The van der Waals surface area contributed by atoms with Crippen molar-refractivity contribution in [2.75, 3.05) is 52.6 Å². The Morgan fingerprint density at radius 3 is 2.56 bits per heavy atom. The number of amides is 2. The van der Waals surface area contributed by atoms with Crippen molar-refractivity contribution in [1.29, 1.82) is 0 Å². The Kier molecular flexibility index (Phi) is 10.8. The highest BCUT2D eigenvalue weighted by Crippen LogP contribution is 2.46. The molecular formula is C27H45N3O6. The summed E-state index contributed by atoms with van der Waals surface area (Å²) in [6.45, 7) is 12.0. The quantitative estimate of drug-likeness (QED) is 0.304. The summed E-state index contributed by atoms with van der Waals surface area (Å²) >= 11 is 0. The van der Waals surface area contributed by atoms with Crippen LogP contribution >= 0.6 is 0 Å². The van der Waals surface area contributed by atoms with Gasteiger partial charge in [0, 0.05) is 32.1 Å². The largest absolute Gasteiger partial charge is 0.466 e. The van der Waals surface area contributed by atoms with Gasteiger partial charge in [-0.3, -0.25) is 19.3 Å². The zero-order chi connectivity index (χ0) is 26.2. The molecule has 0 spiro atoms. The van der Waals surface area contributed by atoms with Crippen LogP contribution in [0.3, 0.4) is 0 Å². The SMILES string of the molecule is CCC[C@@H]1C=C[C@H]2[C@@H](C(=O)N([C@@H](CO)[C@@H](C)CC)[C@@H]2C(=O)NCCN2CCOCC2)[C@@H]1C(=O)OCC. The van der Waals surface area contributed by atoms with Gasteiger partial charge < -0.3 is 24.8 Å². The maximum absolute atomic E-state index is 14.0. The number of carbonyl (C=O) groups is 3. The topological polar surface area (TPSA) is 108 Å². The van der Waals surface area contributed by atoms with Crippen molar-refractivity contribution < 1.29 is 29.0 Å². The van der Waals surface area contributed by atoms with Gasteiger partial charge in [0.15, 0.2) is 0 Å². The normalized spacial score (nSPS) is 30.1. The van der Waals surface area contributed by atoms with Crippen LogP contribution in [0.1, 0.15) is 47.0 Å². The molecule has 9 heteroatoms. The van der Waals surface area contributed by atoms with E-state index < -0.39 is 29.8 Å². The van der Waals surface area contributed by atoms with E-state index in [1.54, 1.807) is 11.8 Å². The first-order valence-electron chi connectivity index (χ1n) is 13.7. The van der Waals surface area contributed by atoms with Crippen molar-refractivity contribution in [3.8, 4) is 0 Å². The molecule has 3 aliphatic rings. The van der Waals surface area contributed by atoms with Gasteiger partial charge in [-0.25, -0.2) is 0 Å². The van der Waals surface area contributed by atoms with E-state index in [-0.39, 0.29) is 42.8 Å². The molecule has 0 saturated carbocycles. The molecule has 0 aromatic carbocycles. The van der Waals surface area contributed by atoms with E-state index in [9.17, 15) is 19.5 Å². The molecular weight excluding hydrogens is 462 g/mol. The van der Waals surface area contributed by atoms with Crippen LogP contribution in [0.25, 0.3) is 0 Å². The predicted octanol–water partition coefficient (Wildman–Crippen LogP) is 1.45. The lowest BCUT2D eigenvalue weighted by Crippen LogP contribution is -2.55. The van der Waals surface area contributed by atoms with Crippen LogP contribution in [0.5, 0.6) is 0 Å². The first-order valence-corrected chi connectivity index (χ1v) is 13.7. The minimum atomic E-state index is -0.769. The maximum Gasteiger partial charge on any atom is 0.310 e. The Morgan fingerprint density at radius 1 is 1.22 bits per heavy atom. The van der Waals surface area contributed by atoms with Crippen molar-refractivity contribution in [2.45, 2.75) is 59.0 Å². The van der Waals surface area contributed by atoms with Crippen molar-refractivity contribution >= 4 is 17.8 Å². The number of ether oxygens (including phenoxy) is 2. The van der Waals surface area contributed by atoms with Crippen molar-refractivity contribution in [1.82, 2.24) is 15.1 Å². The summed E-state index contributed by atoms with van der Waals surface area (Å²) in [5.41, 5.74) is 0. The van der Waals surface area contributed by atoms with Crippen LogP contribution in [0, 0.1) is 29.6 Å². The number of fused-ring (bicyclic) bond motifs is 1. The van der Waals surface area contributed by atoms with Gasteiger partial charge in [-0.15, -0.1) is 0 Å². The second-order valence-electron chi connectivity index (χ2n) is 10.3. The van der Waals surface area contributed by atoms with E-state index in [1.807, 2.05) is 26.0 Å². The minimum Gasteiger partial charge on any atom is -0.466 e. The number of aliphatic hydroxyl groups excluding tert-OH is 1. The Bertz CT molecular complexity index is 783. The number of allylic oxidation sites excluding steroid dienone is 1. The molecule has 2 heterocycles. The van der Waals surface area contributed by atoms with Crippen LogP contribution in [-0.2, 0) is 23.9 Å². The van der Waals surface area contributed by atoms with Gasteiger partial charge in [-0.1, -0.05) is 45.8 Å². The van der Waals surface area contributed by atoms with E-state index >= 15 is 0 Å². The van der Waals surface area contributed by atoms with Crippen LogP contribution in [0.4, 0.5) is 0 Å². The fraction of sp³-hybridized carbons (Fsp3) is 0.815. The number of likely N-dealkylation sites (tertiary alicyclic amines) is 1. The summed E-state index contributed by atoms with van der Waals surface area (Å²) in [5, 5.41) is 13.4. The molecule has 1 aliphatic carbocycles. The van der Waals surface area contributed by atoms with E-state index in [1.165, 1.54) is 0 Å². The summed E-state index contributed by atoms with van der Waals surface area (Å²) in [5.74, 6) is -2.68. The van der Waals surface area contributed by atoms with Gasteiger partial charge in [0.05, 0.1) is 44.3 Å². The summed E-state index contributed by atoms with van der Waals surface area (Å²) < 4.78 is 10.8. The van der Waals surface area contributed by atoms with Gasteiger partial charge >= 0.3 is 5.97 Å². The fourth-order valence-corrected chi connectivity index (χ4v) is 6.05. The molecule has 0 radical (unpaired) electrons. The molecule has 2 N–H and O–H groups in total. The van der Waals surface area contributed by atoms with Gasteiger partial charge in [-0.05, 0) is 25.2 Å². The monoisotopic (exact) mass is 507 g/mol. The number of rotatable bonds is 12. The third-order valence-electron chi connectivity index (χ3n) is 8.17. The van der Waals surface area contributed by atoms with Crippen molar-refractivity contribution in [2.24, 2.45) is 29.6 Å². The molecule has 36 heavy (non-hydrogen) atoms. The molecule has 0 unspecified atom stereocenters. The first kappa shape index (κ1) is 28.6. The third-order valence-corrected chi connectivity index (χ3v) is 8.17. The van der Waals surface area contributed by atoms with Gasteiger partial charge in [0.1, 0.15) is 6.04 Å². The minimum absolute atomic E-state index is 0.000727. The second kappa shape index (κ2) is 13.5. The number of hydrogen-bond acceptors (Lipinski definition) is 7. The van der Waals surface area contributed by atoms with Crippen LogP contribution in [0.2, 0.25) is 0 Å². The number of hydrogen-bond donors (Lipinski definition) is 2. The molecule has 0 bridgehead atoms. The zero-order valence-corrected chi connectivity index (χ0v) is 22.4. The Labute approximate surface area is 215 Å². The molecule has 0 aromatic rings. The van der Waals surface area contributed by atoms with E-state index in [0.29, 0.717) is 26.3 Å². The number of morpholine rings is 1. The maximum atomic E-state index is 14.0. The van der Waals surface area contributed by atoms with Gasteiger partial charge in [0.25, 0.3) is 0 Å². The van der Waals surface area contributed by atoms with E-state index in [0.717, 1.165) is 32.4 Å². The molecule has 2 fully saturated rings. The first-order chi connectivity index (χ1) is 17.4. The summed E-state index contributed by atoms with van der Waals surface area (Å²) in [6.07, 6.45) is 6.37. The van der Waals surface area contributed by atoms with Gasteiger partial charge in [-0.2, -0.15) is 0 Å². The number of aliphatic hydroxyl groups is 1. The summed E-state index contributed by atoms with van der Waals surface area (Å²) in [7, 11) is 0. The lowest BCUT2D eigenvalue weighted by Gasteiger charge is -2.36. The smallest absolute Gasteiger partial charge is 0.310 e. The molecule has 0 aromatic heterocycles. The average Bonchev–Trinajstić information content (AvgIpc) is 3.17. The highest BCUT2D eigenvalue weighted by Gasteiger charge is 2.59. The Balaban J connectivity index is 1.90. The summed E-state index contributed by atoms with van der Waals surface area (Å²) in [6, 6.07) is -1.27. The number of nitrogens with zero attached hydrogens (tertiary/aromatic N) is 2. The zero-order valence-electron chi connectivity index (χ0n) is 22.4. The van der Waals surface area contributed by atoms with Crippen molar-refractivity contribution in [3.63, 3.8) is 0 Å². The second-order valence-corrected chi connectivity index (χ2v) is 10.3. The third kappa shape index (κ3) is 6.11. The standard InChI is InChI=1S/C27H45N3O6/c1-5-8-19-9-10-20-23(22(19)27(34)36-7-3)26(33)30(21(17-31)18(4)6-2)24(20)25(32)28-11-12-29-13-15-35-16-14-29/h9-10,18-24,31H,5-8,11-17H2,1-4H3,(H,28,32)/t18-,19+,20-,21-,22+,23+,24-/m0/s1. The lowest BCUT2D eigenvalue weighted by molar-refractivity contribution is -0.156. The van der Waals surface area contributed by atoms with Gasteiger partial charge in [0.2, 0.25) is 11.8 Å². The fourth-order valence-electron chi connectivity index (χ4n) is 6.05. The molecule has 7 atom stereocenters. The number of esters is 1. The number of carbonyl (C=O) groups excluding carboxylic acids is 3. The Morgan fingerprint density at radius 2 is 1.94 bits per heavy atom. The van der Waals surface area contributed by atoms with Crippen LogP contribution < -0.4 is 5.32 Å². The molecule has 2 saturated heterocycles. The lowest BCUT2D eigenvalue weighted by atomic mass is 9.69. The van der Waals surface area contributed by atoms with Crippen LogP contribution in [0.15, 0.2) is 12.2 Å². The Hall–Kier alpha value is -1.97. The molecule has 3 rings (SSSR count). The van der Waals surface area contributed by atoms with E-state index in [2.05, 4.69) is 17.1 Å². The average molecular weight is 508 g/mol. The van der Waals surface area contributed by atoms with Crippen molar-refractivity contribution in [3.05, 3.63) is 12.2 Å². The summed E-state index contributed by atoms with van der Waals surface area (Å²) in [4.78, 5) is 44.7. The predicted molar refractivity (Wildman–Crippen MR) is 136 cm³/mol. The number of nitrogens with one attached hydrogen (secondary N) is 1. The highest BCUT2D eigenvalue weighted by molar-refractivity contribution is 5.96. The highest BCUT2D eigenvalue weighted by atomic mass is 16.5. The van der Waals surface area contributed by atoms with E-state index in [4.69, 9.17) is 9.47 Å². The molecule has 2 amide bonds. The molecule has 9 nitrogen and oxygen atoms in total. The molecule has 204 valence electrons.